The third-order valence-electron chi connectivity index (χ3n) is 2.39. The number of rotatable bonds is 4. The van der Waals surface area contributed by atoms with Crippen molar-refractivity contribution in [2.24, 2.45) is 5.73 Å². The van der Waals surface area contributed by atoms with Gasteiger partial charge in [0.25, 0.3) is 0 Å². The number of hydrogen-bond acceptors (Lipinski definition) is 4. The van der Waals surface area contributed by atoms with Gasteiger partial charge >= 0.3 is 0 Å². The molecule has 1 aromatic rings. The first kappa shape index (κ1) is 9.61. The maximum absolute atomic E-state index is 11.4. The number of carbonyl (C=O) groups excluding carboxylic acids is 1. The highest BCUT2D eigenvalue weighted by Gasteiger charge is 2.45. The van der Waals surface area contributed by atoms with Crippen molar-refractivity contribution >= 4 is 17.2 Å². The number of thiazole rings is 1. The van der Waals surface area contributed by atoms with Crippen molar-refractivity contribution in [3.05, 3.63) is 16.6 Å². The van der Waals surface area contributed by atoms with E-state index in [0.29, 0.717) is 6.54 Å². The molecule has 0 saturated heterocycles. The summed E-state index contributed by atoms with van der Waals surface area (Å²) in [6, 6.07) is 0. The van der Waals surface area contributed by atoms with Crippen LogP contribution in [0, 0.1) is 0 Å². The first-order valence-electron chi connectivity index (χ1n) is 4.65. The van der Waals surface area contributed by atoms with Crippen molar-refractivity contribution in [2.45, 2.75) is 24.8 Å². The minimum absolute atomic E-state index is 0.0206. The third-order valence-corrected chi connectivity index (χ3v) is 3.03. The summed E-state index contributed by atoms with van der Waals surface area (Å²) in [6.45, 7) is 0.627. The number of nitrogens with one attached hydrogen (secondary N) is 1. The van der Waals surface area contributed by atoms with Gasteiger partial charge in [0.15, 0.2) is 0 Å². The predicted octanol–water partition coefficient (Wildman–Crippen LogP) is 0.293. The Morgan fingerprint density at radius 2 is 2.50 bits per heavy atom. The smallest absolute Gasteiger partial charge is 0.240 e. The molecule has 0 radical (unpaired) electrons. The predicted molar refractivity (Wildman–Crippen MR) is 55.0 cm³/mol. The van der Waals surface area contributed by atoms with Gasteiger partial charge in [-0.2, -0.15) is 0 Å². The van der Waals surface area contributed by atoms with Crippen LogP contribution in [0.2, 0.25) is 0 Å². The molecule has 4 nitrogen and oxygen atoms in total. The van der Waals surface area contributed by atoms with Crippen LogP contribution < -0.4 is 11.1 Å². The second kappa shape index (κ2) is 3.67. The highest BCUT2D eigenvalue weighted by atomic mass is 32.1. The molecule has 1 aliphatic rings. The van der Waals surface area contributed by atoms with Crippen LogP contribution in [-0.4, -0.2) is 23.0 Å². The van der Waals surface area contributed by atoms with Gasteiger partial charge in [0, 0.05) is 18.3 Å². The topological polar surface area (TPSA) is 68.0 Å². The van der Waals surface area contributed by atoms with E-state index < -0.39 is 5.54 Å². The van der Waals surface area contributed by atoms with E-state index in [1.807, 2.05) is 5.38 Å². The number of amides is 1. The average molecular weight is 211 g/mol. The van der Waals surface area contributed by atoms with Crippen LogP contribution in [0.4, 0.5) is 0 Å². The van der Waals surface area contributed by atoms with E-state index in [0.717, 1.165) is 25.0 Å². The Morgan fingerprint density at radius 1 is 1.71 bits per heavy atom. The van der Waals surface area contributed by atoms with Gasteiger partial charge in [-0.25, -0.2) is 4.98 Å². The van der Waals surface area contributed by atoms with E-state index in [1.54, 1.807) is 16.8 Å². The number of hydrogen-bond donors (Lipinski definition) is 2. The molecule has 14 heavy (non-hydrogen) atoms. The van der Waals surface area contributed by atoms with Gasteiger partial charge in [-0.1, -0.05) is 0 Å². The molecular weight excluding hydrogens is 198 g/mol. The summed E-state index contributed by atoms with van der Waals surface area (Å²) in [5.41, 5.74) is 7.99. The van der Waals surface area contributed by atoms with Gasteiger partial charge in [0.2, 0.25) is 5.91 Å². The molecule has 1 saturated carbocycles. The van der Waals surface area contributed by atoms with Gasteiger partial charge in [-0.15, -0.1) is 11.3 Å². The Bertz CT molecular complexity index is 319. The molecular formula is C9H13N3OS. The molecule has 1 heterocycles. The summed E-state index contributed by atoms with van der Waals surface area (Å²) in [5, 5.41) is 4.81. The molecule has 5 heteroatoms. The lowest BCUT2D eigenvalue weighted by Crippen LogP contribution is -2.43. The zero-order chi connectivity index (χ0) is 10.0. The van der Waals surface area contributed by atoms with E-state index in [4.69, 9.17) is 5.73 Å². The summed E-state index contributed by atoms with van der Waals surface area (Å²) in [4.78, 5) is 15.5. The molecule has 76 valence electrons. The van der Waals surface area contributed by atoms with Crippen LogP contribution in [0.5, 0.6) is 0 Å². The van der Waals surface area contributed by atoms with Crippen LogP contribution in [0.3, 0.4) is 0 Å². The van der Waals surface area contributed by atoms with Gasteiger partial charge in [0.1, 0.15) is 0 Å². The zero-order valence-corrected chi connectivity index (χ0v) is 8.64. The first-order chi connectivity index (χ1) is 6.71. The van der Waals surface area contributed by atoms with Crippen molar-refractivity contribution in [1.29, 1.82) is 0 Å². The Hall–Kier alpha value is -0.940. The van der Waals surface area contributed by atoms with Crippen molar-refractivity contribution in [3.63, 3.8) is 0 Å². The molecule has 1 aliphatic carbocycles. The van der Waals surface area contributed by atoms with E-state index in [2.05, 4.69) is 10.3 Å². The van der Waals surface area contributed by atoms with E-state index >= 15 is 0 Å². The van der Waals surface area contributed by atoms with Crippen molar-refractivity contribution in [2.75, 3.05) is 6.54 Å². The second-order valence-electron chi connectivity index (χ2n) is 3.64. The zero-order valence-electron chi connectivity index (χ0n) is 7.82. The van der Waals surface area contributed by atoms with Crippen molar-refractivity contribution in [3.8, 4) is 0 Å². The second-order valence-corrected chi connectivity index (χ2v) is 4.36. The molecule has 1 amide bonds. The lowest BCUT2D eigenvalue weighted by molar-refractivity contribution is -0.123. The summed E-state index contributed by atoms with van der Waals surface area (Å²) < 4.78 is 0. The number of nitrogens with zero attached hydrogens (tertiary/aromatic N) is 1. The largest absolute Gasteiger partial charge is 0.354 e. The molecule has 1 aromatic heterocycles. The standard InChI is InChI=1S/C9H13N3OS/c10-9(2-3-9)8(13)11-4-1-7-5-14-6-12-7/h5-6H,1-4,10H2,(H,11,13). The lowest BCUT2D eigenvalue weighted by Gasteiger charge is -2.08. The summed E-state index contributed by atoms with van der Waals surface area (Å²) >= 11 is 1.57. The van der Waals surface area contributed by atoms with Gasteiger partial charge in [-0.3, -0.25) is 4.79 Å². The van der Waals surface area contributed by atoms with Crippen molar-refractivity contribution < 1.29 is 4.79 Å². The van der Waals surface area contributed by atoms with Gasteiger partial charge < -0.3 is 11.1 Å². The van der Waals surface area contributed by atoms with Crippen LogP contribution in [-0.2, 0) is 11.2 Å². The molecule has 3 N–H and O–H groups in total. The molecule has 0 aromatic carbocycles. The van der Waals surface area contributed by atoms with E-state index in [1.165, 1.54) is 0 Å². The highest BCUT2D eigenvalue weighted by molar-refractivity contribution is 7.07. The molecule has 0 atom stereocenters. The molecule has 1 fully saturated rings. The van der Waals surface area contributed by atoms with Gasteiger partial charge in [0.05, 0.1) is 16.7 Å². The first-order valence-corrected chi connectivity index (χ1v) is 5.59. The fourth-order valence-electron chi connectivity index (χ4n) is 1.20. The van der Waals surface area contributed by atoms with Gasteiger partial charge in [-0.05, 0) is 12.8 Å². The quantitative estimate of drug-likeness (QED) is 0.752. The summed E-state index contributed by atoms with van der Waals surface area (Å²) in [6.07, 6.45) is 2.41. The van der Waals surface area contributed by atoms with Crippen LogP contribution in [0.15, 0.2) is 10.9 Å². The maximum Gasteiger partial charge on any atom is 0.240 e. The molecule has 2 rings (SSSR count). The average Bonchev–Trinajstić information content (AvgIpc) is 2.73. The van der Waals surface area contributed by atoms with Crippen LogP contribution in [0.1, 0.15) is 18.5 Å². The third kappa shape index (κ3) is 2.10. The van der Waals surface area contributed by atoms with Crippen LogP contribution in [0.25, 0.3) is 0 Å². The number of carbonyl (C=O) groups is 1. The molecule has 0 bridgehead atoms. The maximum atomic E-state index is 11.4. The van der Waals surface area contributed by atoms with Crippen molar-refractivity contribution in [1.82, 2.24) is 10.3 Å². The minimum atomic E-state index is -0.553. The highest BCUT2D eigenvalue weighted by Crippen LogP contribution is 2.31. The Morgan fingerprint density at radius 3 is 3.07 bits per heavy atom. The fraction of sp³-hybridized carbons (Fsp3) is 0.556. The normalized spacial score (nSPS) is 17.8. The minimum Gasteiger partial charge on any atom is -0.354 e. The number of aromatic nitrogens is 1. The Balaban J connectivity index is 1.71. The van der Waals surface area contributed by atoms with Crippen LogP contribution >= 0.6 is 11.3 Å². The monoisotopic (exact) mass is 211 g/mol. The molecule has 0 spiro atoms. The summed E-state index contributed by atoms with van der Waals surface area (Å²) in [5.74, 6) is -0.0206. The fourth-order valence-corrected chi connectivity index (χ4v) is 1.80. The van der Waals surface area contributed by atoms with E-state index in [9.17, 15) is 4.79 Å². The summed E-state index contributed by atoms with van der Waals surface area (Å²) in [7, 11) is 0. The lowest BCUT2D eigenvalue weighted by atomic mass is 10.2. The number of nitrogens with two attached hydrogens (primary N) is 1. The Kier molecular flexibility index (Phi) is 2.52. The van der Waals surface area contributed by atoms with E-state index in [-0.39, 0.29) is 5.91 Å². The molecule has 0 aliphatic heterocycles. The SMILES string of the molecule is NC1(C(=O)NCCc2cscn2)CC1. The molecule has 0 unspecified atom stereocenters. The Labute approximate surface area is 86.5 Å².